The summed E-state index contributed by atoms with van der Waals surface area (Å²) < 4.78 is 41.6. The quantitative estimate of drug-likeness (QED) is 0.0488. The van der Waals surface area contributed by atoms with E-state index in [1.165, 1.54) is 21.9 Å². The highest BCUT2D eigenvalue weighted by atomic mass is 32.1. The number of benzene rings is 2. The van der Waals surface area contributed by atoms with E-state index in [2.05, 4.69) is 50.0 Å². The fraction of sp³-hybridized carbons (Fsp3) is 0.603. The Morgan fingerprint density at radius 2 is 1.60 bits per heavy atom. The lowest BCUT2D eigenvalue weighted by Gasteiger charge is -2.39. The first-order valence-electron chi connectivity index (χ1n) is 31.5. The van der Waals surface area contributed by atoms with E-state index < -0.39 is 90.5 Å². The van der Waals surface area contributed by atoms with Gasteiger partial charge in [-0.1, -0.05) is 43.2 Å². The lowest BCUT2D eigenvalue weighted by Crippen LogP contribution is -2.62. The van der Waals surface area contributed by atoms with Gasteiger partial charge in [0.1, 0.15) is 30.2 Å². The van der Waals surface area contributed by atoms with Gasteiger partial charge in [-0.05, 0) is 169 Å². The summed E-state index contributed by atoms with van der Waals surface area (Å²) in [5.41, 5.74) is 2.20. The Kier molecular flexibility index (Phi) is 20.7. The Morgan fingerprint density at radius 3 is 2.31 bits per heavy atom. The average Bonchev–Trinajstić information content (AvgIpc) is 2.67. The summed E-state index contributed by atoms with van der Waals surface area (Å²) in [5, 5.41) is 11.3. The molecule has 0 radical (unpaired) electrons. The van der Waals surface area contributed by atoms with Gasteiger partial charge in [-0.15, -0.1) is 11.3 Å². The number of carbonyl (C=O) groups is 9. The molecule has 6 atom stereocenters. The highest BCUT2D eigenvalue weighted by molar-refractivity contribution is 7.52. The average molecular weight is 1270 g/mol. The molecule has 2 aromatic carbocycles. The number of hydrogen-bond acceptors (Lipinski definition) is 13. The highest BCUT2D eigenvalue weighted by Gasteiger charge is 2.51. The van der Waals surface area contributed by atoms with Crippen molar-refractivity contribution in [1.29, 1.82) is 0 Å². The Balaban J connectivity index is 0.792. The Morgan fingerprint density at radius 1 is 0.865 bits per heavy atom. The molecule has 10 rings (SSSR count). The predicted octanol–water partition coefficient (Wildman–Crippen LogP) is 4.67. The summed E-state index contributed by atoms with van der Waals surface area (Å²) >= 11 is 0.956. The van der Waals surface area contributed by atoms with Gasteiger partial charge in [0, 0.05) is 79.4 Å². The van der Waals surface area contributed by atoms with Crippen LogP contribution in [0.4, 0.5) is 8.78 Å². The number of piperidine rings is 3. The number of hydrogen-bond donors (Lipinski definition) is 7. The van der Waals surface area contributed by atoms with Gasteiger partial charge in [0.05, 0.1) is 4.88 Å². The van der Waals surface area contributed by atoms with Crippen molar-refractivity contribution in [2.75, 3.05) is 52.9 Å². The van der Waals surface area contributed by atoms with Crippen molar-refractivity contribution in [2.24, 2.45) is 23.5 Å². The van der Waals surface area contributed by atoms with Crippen LogP contribution in [0.25, 0.3) is 10.1 Å². The molecule has 22 nitrogen and oxygen atoms in total. The minimum absolute atomic E-state index is 0.0602. The standard InChI is InChI=1S/C63H81F2N10O12PS/c1-71-28-22-39(23-29-71)24-30-72-31-27-44-15-17-50(75(44)61(83)48(37-72)68-59(81)52-35-42-34-43(14-19-51(42)89-52)63(64,65)88(85,86)87)58(80)67-47(16-20-53(66)76)56(78)70-55(41-10-3-2-4-11-41)62(84)73-32-25-38(26-33-73)8-5-6-9-40-12-7-13-45-46(40)36-74(60(45)82)49-18-21-54(77)69-57(49)79/h7,12-14,19,34-35,38-39,41,44,47-50,55H,2-5,8,10-11,15-18,20-33,36-37H2,1H3,(H2,66,76)(H,67,80)(H,68,81)(H,70,78)(H,69,77,79)(H2,85,86,87)/t44-,47+,48+,49?,50+,55+/m1/s1. The first kappa shape index (κ1) is 65.3. The van der Waals surface area contributed by atoms with Gasteiger partial charge in [-0.3, -0.25) is 53.0 Å². The summed E-state index contributed by atoms with van der Waals surface area (Å²) in [7, 11) is -3.79. The lowest BCUT2D eigenvalue weighted by molar-refractivity contribution is -0.144. The molecule has 89 heavy (non-hydrogen) atoms. The number of halogens is 2. The fourth-order valence-corrected chi connectivity index (χ4v) is 15.6. The molecule has 0 spiro atoms. The van der Waals surface area contributed by atoms with Crippen molar-refractivity contribution >= 4 is 82.2 Å². The molecule has 7 aliphatic rings. The van der Waals surface area contributed by atoms with Crippen molar-refractivity contribution in [3.8, 4) is 11.8 Å². The van der Waals surface area contributed by atoms with Gasteiger partial charge < -0.3 is 56.0 Å². The summed E-state index contributed by atoms with van der Waals surface area (Å²) in [6.45, 7) is 4.40. The Labute approximate surface area is 520 Å². The predicted molar refractivity (Wildman–Crippen MR) is 325 cm³/mol. The van der Waals surface area contributed by atoms with Crippen LogP contribution >= 0.6 is 18.9 Å². The number of fused-ring (bicyclic) bond motifs is 3. The molecule has 3 aromatic rings. The number of likely N-dealkylation sites (tertiary alicyclic amines) is 2. The van der Waals surface area contributed by atoms with Crippen LogP contribution in [0.3, 0.4) is 0 Å². The third kappa shape index (κ3) is 15.2. The van der Waals surface area contributed by atoms with Crippen LogP contribution in [0, 0.1) is 29.6 Å². The molecular formula is C63H81F2N10O12PS. The third-order valence-electron chi connectivity index (χ3n) is 19.4. The number of rotatable bonds is 19. The van der Waals surface area contributed by atoms with Gasteiger partial charge in [0.25, 0.3) is 11.8 Å². The van der Waals surface area contributed by atoms with E-state index in [1.807, 2.05) is 6.07 Å². The molecule has 8 N–H and O–H groups in total. The summed E-state index contributed by atoms with van der Waals surface area (Å²) in [4.78, 5) is 152. The smallest absolute Gasteiger partial charge is 0.370 e. The van der Waals surface area contributed by atoms with E-state index in [0.717, 1.165) is 87.1 Å². The molecule has 1 aromatic heterocycles. The Bertz CT molecular complexity index is 3330. The van der Waals surface area contributed by atoms with E-state index in [4.69, 9.17) is 5.73 Å². The van der Waals surface area contributed by atoms with Crippen LogP contribution in [0.5, 0.6) is 0 Å². The lowest BCUT2D eigenvalue weighted by atomic mass is 9.82. The summed E-state index contributed by atoms with van der Waals surface area (Å²) in [5.74, 6) is 2.56. The number of carbonyl (C=O) groups excluding carboxylic acids is 9. The van der Waals surface area contributed by atoms with Crippen LogP contribution in [0.2, 0.25) is 0 Å². The second kappa shape index (κ2) is 28.2. The van der Waals surface area contributed by atoms with E-state index >= 15 is 4.79 Å². The number of nitrogens with zero attached hydrogens (tertiary/aromatic N) is 5. The molecule has 9 amide bonds. The second-order valence-corrected chi connectivity index (χ2v) is 28.1. The number of nitrogens with one attached hydrogen (secondary N) is 4. The zero-order valence-corrected chi connectivity index (χ0v) is 51.9. The second-order valence-electron chi connectivity index (χ2n) is 25.4. The van der Waals surface area contributed by atoms with E-state index in [-0.39, 0.29) is 85.0 Å². The SMILES string of the molecule is CN1CCC(CCN2CC[C@H]3CC[C@@H](C(=O)N[C@@H](CCC(N)=O)C(=O)N[C@H](C(=O)N4CCC(CCC#Cc5cccc6c5CN(C5CCC(=O)NC5=O)C6=O)CC4)C4CCCCC4)N3C(=O)[C@@H](NC(=O)c3cc4cc(C(F)(F)P(=O)(O)O)ccc4s3)C2)CC1. The maximum absolute atomic E-state index is 15.1. The fourth-order valence-electron chi connectivity index (χ4n) is 14.2. The highest BCUT2D eigenvalue weighted by Crippen LogP contribution is 2.59. The minimum atomic E-state index is -5.88. The molecule has 26 heteroatoms. The molecule has 480 valence electrons. The van der Waals surface area contributed by atoms with Crippen molar-refractivity contribution in [3.05, 3.63) is 69.6 Å². The molecule has 1 aliphatic carbocycles. The third-order valence-corrected chi connectivity index (χ3v) is 21.5. The van der Waals surface area contributed by atoms with Gasteiger partial charge in [0.15, 0.2) is 0 Å². The van der Waals surface area contributed by atoms with Crippen molar-refractivity contribution < 1.29 is 66.3 Å². The number of nitrogens with two attached hydrogens (primary N) is 1. The number of alkyl halides is 2. The monoisotopic (exact) mass is 1270 g/mol. The molecule has 1 unspecified atom stereocenters. The van der Waals surface area contributed by atoms with Gasteiger partial charge in [0.2, 0.25) is 41.4 Å². The molecule has 5 saturated heterocycles. The zero-order valence-electron chi connectivity index (χ0n) is 50.2. The van der Waals surface area contributed by atoms with Crippen molar-refractivity contribution in [3.63, 3.8) is 0 Å². The van der Waals surface area contributed by atoms with Crippen LogP contribution in [0.1, 0.15) is 159 Å². The van der Waals surface area contributed by atoms with E-state index in [9.17, 15) is 61.5 Å². The largest absolute Gasteiger partial charge is 0.399 e. The minimum Gasteiger partial charge on any atom is -0.370 e. The molecule has 6 aliphatic heterocycles. The number of amides is 9. The summed E-state index contributed by atoms with van der Waals surface area (Å²) in [6.07, 6.45) is 11.0. The maximum Gasteiger partial charge on any atom is 0.399 e. The van der Waals surface area contributed by atoms with Gasteiger partial charge >= 0.3 is 13.3 Å². The number of thiophene rings is 1. The van der Waals surface area contributed by atoms with Crippen LogP contribution < -0.4 is 27.0 Å². The molecular weight excluding hydrogens is 1190 g/mol. The first-order chi connectivity index (χ1) is 42.5. The number of imide groups is 1. The van der Waals surface area contributed by atoms with Gasteiger partial charge in [-0.2, -0.15) is 8.78 Å². The topological polar surface area (TPSA) is 302 Å². The molecule has 7 heterocycles. The maximum atomic E-state index is 15.1. The normalized spacial score (nSPS) is 23.6. The van der Waals surface area contributed by atoms with Crippen LogP contribution in [-0.2, 0) is 50.3 Å². The van der Waals surface area contributed by atoms with Gasteiger partial charge in [-0.25, -0.2) is 0 Å². The van der Waals surface area contributed by atoms with E-state index in [0.29, 0.717) is 92.9 Å². The molecule has 1 saturated carbocycles. The van der Waals surface area contributed by atoms with E-state index in [1.54, 1.807) is 17.0 Å². The van der Waals surface area contributed by atoms with Crippen molar-refractivity contribution in [1.82, 2.24) is 45.8 Å². The zero-order chi connectivity index (χ0) is 63.3. The summed E-state index contributed by atoms with van der Waals surface area (Å²) in [6, 6.07) is 4.14. The molecule has 6 fully saturated rings. The first-order valence-corrected chi connectivity index (χ1v) is 33.9. The molecule has 0 bridgehead atoms. The van der Waals surface area contributed by atoms with Crippen molar-refractivity contribution in [2.45, 2.75) is 170 Å². The Hall–Kier alpha value is -6.68. The van der Waals surface area contributed by atoms with Crippen LogP contribution in [-0.4, -0.2) is 177 Å². The number of primary amides is 1. The van der Waals surface area contributed by atoms with Crippen LogP contribution in [0.15, 0.2) is 42.5 Å².